The van der Waals surface area contributed by atoms with E-state index in [1.165, 1.54) is 6.26 Å². The summed E-state index contributed by atoms with van der Waals surface area (Å²) in [5.41, 5.74) is 1.67. The zero-order chi connectivity index (χ0) is 19.9. The number of furan rings is 1. The summed E-state index contributed by atoms with van der Waals surface area (Å²) < 4.78 is 5.15. The molecule has 0 bridgehead atoms. The van der Waals surface area contributed by atoms with Crippen molar-refractivity contribution in [3.05, 3.63) is 54.0 Å². The largest absolute Gasteiger partial charge is 0.459 e. The Kier molecular flexibility index (Phi) is 6.74. The van der Waals surface area contributed by atoms with Crippen molar-refractivity contribution < 1.29 is 14.0 Å². The predicted octanol–water partition coefficient (Wildman–Crippen LogP) is 3.45. The van der Waals surface area contributed by atoms with Crippen LogP contribution in [0.2, 0.25) is 0 Å². The Hall–Kier alpha value is -2.76. The third-order valence-electron chi connectivity index (χ3n) is 5.37. The summed E-state index contributed by atoms with van der Waals surface area (Å²) >= 11 is 0. The number of benzene rings is 1. The number of para-hydroxylation sites is 1. The summed E-state index contributed by atoms with van der Waals surface area (Å²) in [4.78, 5) is 27.0. The standard InChI is InChI=1S/C22H29N3O3/c1-3-16(2)15-23-21(26)18-7-4-5-8-19(18)25-12-10-17(11-13-25)24-22(27)20-9-6-14-28-20/h4-9,14,16-17H,3,10-13,15H2,1-2H3,(H,23,26)(H,24,27)/t16-/m1/s1. The van der Waals surface area contributed by atoms with E-state index in [0.29, 0.717) is 23.8 Å². The summed E-state index contributed by atoms with van der Waals surface area (Å²) in [5.74, 6) is 0.604. The van der Waals surface area contributed by atoms with Crippen molar-refractivity contribution in [1.29, 1.82) is 0 Å². The van der Waals surface area contributed by atoms with Gasteiger partial charge in [0, 0.05) is 31.4 Å². The first kappa shape index (κ1) is 20.0. The molecule has 2 heterocycles. The Morgan fingerprint density at radius 2 is 1.89 bits per heavy atom. The summed E-state index contributed by atoms with van der Waals surface area (Å²) in [7, 11) is 0. The maximum absolute atomic E-state index is 12.7. The average Bonchev–Trinajstić information content (AvgIpc) is 3.27. The molecule has 28 heavy (non-hydrogen) atoms. The zero-order valence-electron chi connectivity index (χ0n) is 16.6. The molecule has 2 amide bonds. The highest BCUT2D eigenvalue weighted by molar-refractivity contribution is 5.99. The molecule has 1 aromatic heterocycles. The van der Waals surface area contributed by atoms with Gasteiger partial charge in [0.15, 0.2) is 5.76 Å². The van der Waals surface area contributed by atoms with Crippen molar-refractivity contribution in [2.45, 2.75) is 39.2 Å². The molecule has 0 radical (unpaired) electrons. The molecule has 3 rings (SSSR count). The third-order valence-corrected chi connectivity index (χ3v) is 5.37. The Balaban J connectivity index is 1.58. The fraction of sp³-hybridized carbons (Fsp3) is 0.455. The smallest absolute Gasteiger partial charge is 0.287 e. The van der Waals surface area contributed by atoms with Gasteiger partial charge in [0.1, 0.15) is 0 Å². The van der Waals surface area contributed by atoms with Crippen molar-refractivity contribution in [3.63, 3.8) is 0 Å². The predicted molar refractivity (Wildman–Crippen MR) is 110 cm³/mol. The van der Waals surface area contributed by atoms with Gasteiger partial charge < -0.3 is 20.0 Å². The second-order valence-corrected chi connectivity index (χ2v) is 7.45. The number of amides is 2. The number of nitrogens with zero attached hydrogens (tertiary/aromatic N) is 1. The summed E-state index contributed by atoms with van der Waals surface area (Å²) in [6.07, 6.45) is 4.20. The molecule has 6 nitrogen and oxygen atoms in total. The van der Waals surface area contributed by atoms with Gasteiger partial charge in [0.2, 0.25) is 0 Å². The first-order valence-electron chi connectivity index (χ1n) is 10.0. The maximum atomic E-state index is 12.7. The second-order valence-electron chi connectivity index (χ2n) is 7.45. The van der Waals surface area contributed by atoms with E-state index in [9.17, 15) is 9.59 Å². The van der Waals surface area contributed by atoms with Crippen molar-refractivity contribution in [1.82, 2.24) is 10.6 Å². The van der Waals surface area contributed by atoms with Gasteiger partial charge in [0.05, 0.1) is 11.8 Å². The van der Waals surface area contributed by atoms with Crippen LogP contribution in [-0.4, -0.2) is 37.5 Å². The molecule has 150 valence electrons. The molecular formula is C22H29N3O3. The van der Waals surface area contributed by atoms with Crippen LogP contribution in [0.1, 0.15) is 54.0 Å². The number of hydrogen-bond acceptors (Lipinski definition) is 4. The molecule has 1 aromatic carbocycles. The SMILES string of the molecule is CC[C@@H](C)CNC(=O)c1ccccc1N1CCC(NC(=O)c2ccco2)CC1. The highest BCUT2D eigenvalue weighted by atomic mass is 16.3. The van der Waals surface area contributed by atoms with Gasteiger partial charge in [-0.1, -0.05) is 32.4 Å². The lowest BCUT2D eigenvalue weighted by Crippen LogP contribution is -2.45. The molecular weight excluding hydrogens is 354 g/mol. The number of piperidine rings is 1. The van der Waals surface area contributed by atoms with Crippen LogP contribution in [0.25, 0.3) is 0 Å². The van der Waals surface area contributed by atoms with Crippen LogP contribution < -0.4 is 15.5 Å². The van der Waals surface area contributed by atoms with Gasteiger partial charge in [-0.15, -0.1) is 0 Å². The molecule has 2 aromatic rings. The lowest BCUT2D eigenvalue weighted by molar-refractivity contribution is 0.0902. The normalized spacial score (nSPS) is 15.9. The minimum atomic E-state index is -0.173. The number of anilines is 1. The van der Waals surface area contributed by atoms with E-state index in [2.05, 4.69) is 29.4 Å². The summed E-state index contributed by atoms with van der Waals surface area (Å²) in [5, 5.41) is 6.08. The summed E-state index contributed by atoms with van der Waals surface area (Å²) in [6.45, 7) is 6.52. The Bertz CT molecular complexity index is 780. The monoisotopic (exact) mass is 383 g/mol. The van der Waals surface area contributed by atoms with Crippen molar-refractivity contribution in [3.8, 4) is 0 Å². The zero-order valence-corrected chi connectivity index (χ0v) is 16.6. The molecule has 0 spiro atoms. The van der Waals surface area contributed by atoms with Gasteiger partial charge in [-0.2, -0.15) is 0 Å². The number of nitrogens with one attached hydrogen (secondary N) is 2. The van der Waals surface area contributed by atoms with Crippen LogP contribution >= 0.6 is 0 Å². The van der Waals surface area contributed by atoms with Crippen LogP contribution in [0.4, 0.5) is 5.69 Å². The van der Waals surface area contributed by atoms with Crippen LogP contribution in [-0.2, 0) is 0 Å². The van der Waals surface area contributed by atoms with Gasteiger partial charge in [-0.3, -0.25) is 9.59 Å². The molecule has 2 N–H and O–H groups in total. The van der Waals surface area contributed by atoms with E-state index < -0.39 is 0 Å². The van der Waals surface area contributed by atoms with E-state index >= 15 is 0 Å². The fourth-order valence-electron chi connectivity index (χ4n) is 3.38. The van der Waals surface area contributed by atoms with Gasteiger partial charge >= 0.3 is 0 Å². The molecule has 0 saturated carbocycles. The van der Waals surface area contributed by atoms with E-state index in [1.54, 1.807) is 12.1 Å². The molecule has 1 aliphatic rings. The lowest BCUT2D eigenvalue weighted by Gasteiger charge is -2.34. The van der Waals surface area contributed by atoms with E-state index in [1.807, 2.05) is 24.3 Å². The lowest BCUT2D eigenvalue weighted by atomic mass is 10.0. The van der Waals surface area contributed by atoms with Gasteiger partial charge in [0.25, 0.3) is 11.8 Å². The van der Waals surface area contributed by atoms with E-state index in [4.69, 9.17) is 4.42 Å². The molecule has 1 aliphatic heterocycles. The molecule has 0 unspecified atom stereocenters. The summed E-state index contributed by atoms with van der Waals surface area (Å²) in [6, 6.07) is 11.2. The minimum Gasteiger partial charge on any atom is -0.459 e. The van der Waals surface area contributed by atoms with E-state index in [0.717, 1.165) is 38.0 Å². The molecule has 1 fully saturated rings. The van der Waals surface area contributed by atoms with Crippen molar-refractivity contribution in [2.75, 3.05) is 24.5 Å². The second kappa shape index (κ2) is 9.44. The number of carbonyl (C=O) groups excluding carboxylic acids is 2. The fourth-order valence-corrected chi connectivity index (χ4v) is 3.38. The minimum absolute atomic E-state index is 0.0239. The van der Waals surface area contributed by atoms with Crippen molar-refractivity contribution in [2.24, 2.45) is 5.92 Å². The topological polar surface area (TPSA) is 74.6 Å². The quantitative estimate of drug-likeness (QED) is 0.768. The molecule has 1 atom stereocenters. The first-order chi connectivity index (χ1) is 13.6. The van der Waals surface area contributed by atoms with E-state index in [-0.39, 0.29) is 17.9 Å². The number of rotatable bonds is 7. The highest BCUT2D eigenvalue weighted by Crippen LogP contribution is 2.24. The van der Waals surface area contributed by atoms with Crippen LogP contribution in [0, 0.1) is 5.92 Å². The molecule has 1 saturated heterocycles. The van der Waals surface area contributed by atoms with Crippen LogP contribution in [0.3, 0.4) is 0 Å². The van der Waals surface area contributed by atoms with Gasteiger partial charge in [-0.25, -0.2) is 0 Å². The highest BCUT2D eigenvalue weighted by Gasteiger charge is 2.24. The number of hydrogen-bond donors (Lipinski definition) is 2. The van der Waals surface area contributed by atoms with Crippen LogP contribution in [0.5, 0.6) is 0 Å². The van der Waals surface area contributed by atoms with Gasteiger partial charge in [-0.05, 0) is 43.0 Å². The Morgan fingerprint density at radius 1 is 1.14 bits per heavy atom. The first-order valence-corrected chi connectivity index (χ1v) is 10.0. The third kappa shape index (κ3) is 4.94. The Morgan fingerprint density at radius 3 is 2.57 bits per heavy atom. The molecule has 0 aliphatic carbocycles. The maximum Gasteiger partial charge on any atom is 0.287 e. The average molecular weight is 383 g/mol. The Labute approximate surface area is 166 Å². The van der Waals surface area contributed by atoms with Crippen molar-refractivity contribution >= 4 is 17.5 Å². The molecule has 6 heteroatoms. The number of carbonyl (C=O) groups is 2. The van der Waals surface area contributed by atoms with Crippen LogP contribution in [0.15, 0.2) is 47.1 Å².